The normalized spacial score (nSPS) is 11.6. The first-order valence-corrected chi connectivity index (χ1v) is 6.10. The van der Waals surface area contributed by atoms with Gasteiger partial charge in [-0.25, -0.2) is 0 Å². The molecule has 0 saturated carbocycles. The third-order valence-electron chi connectivity index (χ3n) is 2.45. The predicted octanol–water partition coefficient (Wildman–Crippen LogP) is 1.86. The largest absolute Gasteiger partial charge is 0.467 e. The van der Waals surface area contributed by atoms with Gasteiger partial charge in [0.15, 0.2) is 0 Å². The van der Waals surface area contributed by atoms with E-state index in [4.69, 9.17) is 9.15 Å². The number of ether oxygens (including phenoxy) is 1. The molecule has 4 nitrogen and oxygen atoms in total. The molecule has 1 N–H and O–H groups in total. The number of hydrogen-bond acceptors (Lipinski definition) is 4. The highest BCUT2D eigenvalue weighted by molar-refractivity contribution is 5.16. The Kier molecular flexibility index (Phi) is 6.26. The lowest BCUT2D eigenvalue weighted by Gasteiger charge is -2.10. The van der Waals surface area contributed by atoms with Gasteiger partial charge in [0.25, 0.3) is 0 Å². The monoisotopic (exact) mass is 240 g/mol. The molecule has 0 unspecified atom stereocenters. The molecule has 1 heterocycles. The van der Waals surface area contributed by atoms with E-state index in [0.29, 0.717) is 12.6 Å². The second-order valence-electron chi connectivity index (χ2n) is 4.76. The predicted molar refractivity (Wildman–Crippen MR) is 68.9 cm³/mol. The van der Waals surface area contributed by atoms with Crippen LogP contribution in [-0.4, -0.2) is 38.2 Å². The molecule has 0 bridgehead atoms. The first-order chi connectivity index (χ1) is 8.09. The summed E-state index contributed by atoms with van der Waals surface area (Å²) in [4.78, 5) is 2.10. The number of likely N-dealkylation sites (N-methyl/N-ethyl adjacent to an activating group) is 1. The van der Waals surface area contributed by atoms with E-state index >= 15 is 0 Å². The Morgan fingerprint density at radius 2 is 2.18 bits per heavy atom. The SMILES string of the molecule is CC(C)NCc1ccoc1COCCN(C)C. The lowest BCUT2D eigenvalue weighted by Crippen LogP contribution is -2.22. The van der Waals surface area contributed by atoms with Crippen LogP contribution in [0.2, 0.25) is 0 Å². The van der Waals surface area contributed by atoms with Gasteiger partial charge in [-0.2, -0.15) is 0 Å². The molecule has 0 spiro atoms. The number of furan rings is 1. The maximum atomic E-state index is 5.57. The average molecular weight is 240 g/mol. The Morgan fingerprint density at radius 3 is 2.82 bits per heavy atom. The Morgan fingerprint density at radius 1 is 1.41 bits per heavy atom. The Bertz CT molecular complexity index is 308. The summed E-state index contributed by atoms with van der Waals surface area (Å²) in [5.74, 6) is 0.928. The first kappa shape index (κ1) is 14.2. The highest BCUT2D eigenvalue weighted by Gasteiger charge is 2.06. The van der Waals surface area contributed by atoms with Crippen molar-refractivity contribution in [2.45, 2.75) is 33.0 Å². The standard InChI is InChI=1S/C13H24N2O2/c1-11(2)14-9-12-5-7-17-13(12)10-16-8-6-15(3)4/h5,7,11,14H,6,8-10H2,1-4H3. The van der Waals surface area contributed by atoms with Gasteiger partial charge in [-0.1, -0.05) is 13.8 Å². The molecule has 0 radical (unpaired) electrons. The molecule has 0 atom stereocenters. The molecule has 0 saturated heterocycles. The summed E-state index contributed by atoms with van der Waals surface area (Å²) >= 11 is 0. The van der Waals surface area contributed by atoms with Crippen LogP contribution in [0.3, 0.4) is 0 Å². The summed E-state index contributed by atoms with van der Waals surface area (Å²) in [5.41, 5.74) is 1.18. The number of nitrogens with one attached hydrogen (secondary N) is 1. The molecule has 17 heavy (non-hydrogen) atoms. The Labute approximate surface area is 104 Å². The zero-order valence-electron chi connectivity index (χ0n) is 11.3. The van der Waals surface area contributed by atoms with Crippen LogP contribution < -0.4 is 5.32 Å². The van der Waals surface area contributed by atoms with Gasteiger partial charge in [-0.15, -0.1) is 0 Å². The van der Waals surface area contributed by atoms with Crippen LogP contribution in [0, 0.1) is 0 Å². The van der Waals surface area contributed by atoms with Gasteiger partial charge >= 0.3 is 0 Å². The van der Waals surface area contributed by atoms with E-state index in [9.17, 15) is 0 Å². The summed E-state index contributed by atoms with van der Waals surface area (Å²) in [6, 6.07) is 2.48. The molecule has 98 valence electrons. The first-order valence-electron chi connectivity index (χ1n) is 6.10. The van der Waals surface area contributed by atoms with Crippen LogP contribution in [0.25, 0.3) is 0 Å². The van der Waals surface area contributed by atoms with Crippen molar-refractivity contribution in [1.29, 1.82) is 0 Å². The third kappa shape index (κ3) is 5.86. The maximum Gasteiger partial charge on any atom is 0.133 e. The topological polar surface area (TPSA) is 37.6 Å². The molecule has 1 rings (SSSR count). The molecule has 0 aliphatic heterocycles. The van der Waals surface area contributed by atoms with Crippen LogP contribution in [0.15, 0.2) is 16.7 Å². The summed E-state index contributed by atoms with van der Waals surface area (Å²) < 4.78 is 11.0. The van der Waals surface area contributed by atoms with Crippen LogP contribution in [-0.2, 0) is 17.9 Å². The minimum absolute atomic E-state index is 0.479. The highest BCUT2D eigenvalue weighted by atomic mass is 16.5. The highest BCUT2D eigenvalue weighted by Crippen LogP contribution is 2.11. The molecule has 0 aliphatic rings. The van der Waals surface area contributed by atoms with E-state index in [1.54, 1.807) is 6.26 Å². The van der Waals surface area contributed by atoms with E-state index in [2.05, 4.69) is 24.1 Å². The number of hydrogen-bond donors (Lipinski definition) is 1. The van der Waals surface area contributed by atoms with Crippen molar-refractivity contribution in [3.8, 4) is 0 Å². The molecule has 4 heteroatoms. The lowest BCUT2D eigenvalue weighted by atomic mass is 10.2. The molecule has 0 aromatic carbocycles. The van der Waals surface area contributed by atoms with Gasteiger partial charge in [0, 0.05) is 24.7 Å². The summed E-state index contributed by atoms with van der Waals surface area (Å²) in [6.07, 6.45) is 1.72. The minimum atomic E-state index is 0.479. The molecular weight excluding hydrogens is 216 g/mol. The van der Waals surface area contributed by atoms with Gasteiger partial charge in [-0.3, -0.25) is 0 Å². The molecule has 1 aromatic heterocycles. The zero-order valence-corrected chi connectivity index (χ0v) is 11.3. The van der Waals surface area contributed by atoms with E-state index < -0.39 is 0 Å². The molecule has 0 fully saturated rings. The van der Waals surface area contributed by atoms with E-state index in [0.717, 1.165) is 25.5 Å². The quantitative estimate of drug-likeness (QED) is 0.704. The van der Waals surface area contributed by atoms with Crippen molar-refractivity contribution in [3.63, 3.8) is 0 Å². The van der Waals surface area contributed by atoms with Crippen LogP contribution in [0.1, 0.15) is 25.2 Å². The van der Waals surface area contributed by atoms with Gasteiger partial charge in [-0.05, 0) is 20.2 Å². The fourth-order valence-corrected chi connectivity index (χ4v) is 1.38. The Balaban J connectivity index is 2.30. The summed E-state index contributed by atoms with van der Waals surface area (Å²) in [7, 11) is 4.07. The maximum absolute atomic E-state index is 5.57. The van der Waals surface area contributed by atoms with E-state index in [-0.39, 0.29) is 0 Å². The van der Waals surface area contributed by atoms with Crippen molar-refractivity contribution in [3.05, 3.63) is 23.7 Å². The number of nitrogens with zero attached hydrogens (tertiary/aromatic N) is 1. The molecule has 1 aromatic rings. The van der Waals surface area contributed by atoms with Crippen molar-refractivity contribution < 1.29 is 9.15 Å². The fourth-order valence-electron chi connectivity index (χ4n) is 1.38. The van der Waals surface area contributed by atoms with Gasteiger partial charge < -0.3 is 19.4 Å². The van der Waals surface area contributed by atoms with Crippen molar-refractivity contribution >= 4 is 0 Å². The van der Waals surface area contributed by atoms with Crippen LogP contribution >= 0.6 is 0 Å². The zero-order chi connectivity index (χ0) is 12.7. The second kappa shape index (κ2) is 7.48. The Hall–Kier alpha value is -0.840. The molecular formula is C13H24N2O2. The summed E-state index contributed by atoms with van der Waals surface area (Å²) in [5, 5.41) is 3.37. The van der Waals surface area contributed by atoms with Crippen molar-refractivity contribution in [2.24, 2.45) is 0 Å². The smallest absolute Gasteiger partial charge is 0.133 e. The van der Waals surface area contributed by atoms with Gasteiger partial charge in [0.1, 0.15) is 12.4 Å². The third-order valence-corrected chi connectivity index (χ3v) is 2.45. The summed E-state index contributed by atoms with van der Waals surface area (Å²) in [6.45, 7) is 7.31. The van der Waals surface area contributed by atoms with E-state index in [1.807, 2.05) is 20.2 Å². The minimum Gasteiger partial charge on any atom is -0.467 e. The second-order valence-corrected chi connectivity index (χ2v) is 4.76. The molecule has 0 amide bonds. The number of rotatable bonds is 8. The van der Waals surface area contributed by atoms with Gasteiger partial charge in [0.05, 0.1) is 12.9 Å². The van der Waals surface area contributed by atoms with Gasteiger partial charge in [0.2, 0.25) is 0 Å². The fraction of sp³-hybridized carbons (Fsp3) is 0.692. The van der Waals surface area contributed by atoms with Crippen molar-refractivity contribution in [1.82, 2.24) is 10.2 Å². The molecule has 0 aliphatic carbocycles. The van der Waals surface area contributed by atoms with Crippen LogP contribution in [0.5, 0.6) is 0 Å². The van der Waals surface area contributed by atoms with Crippen molar-refractivity contribution in [2.75, 3.05) is 27.2 Å². The van der Waals surface area contributed by atoms with E-state index in [1.165, 1.54) is 5.56 Å². The average Bonchev–Trinajstić information content (AvgIpc) is 2.68. The van der Waals surface area contributed by atoms with Crippen LogP contribution in [0.4, 0.5) is 0 Å². The lowest BCUT2D eigenvalue weighted by molar-refractivity contribution is 0.0919.